The van der Waals surface area contributed by atoms with Crippen LogP contribution in [0.4, 0.5) is 4.39 Å². The second-order valence-electron chi connectivity index (χ2n) is 3.34. The minimum atomic E-state index is -0.753. The van der Waals surface area contributed by atoms with Crippen LogP contribution in [0.2, 0.25) is 0 Å². The fourth-order valence-electron chi connectivity index (χ4n) is 1.31. The second kappa shape index (κ2) is 4.32. The molecule has 5 nitrogen and oxygen atoms in total. The van der Waals surface area contributed by atoms with E-state index in [1.165, 1.54) is 13.2 Å². The lowest BCUT2D eigenvalue weighted by atomic mass is 10.1. The average molecular weight is 236 g/mol. The molecule has 2 aromatic rings. The molecule has 0 unspecified atom stereocenters. The summed E-state index contributed by atoms with van der Waals surface area (Å²) in [6.07, 6.45) is 0. The lowest BCUT2D eigenvalue weighted by Crippen LogP contribution is -2.00. The summed E-state index contributed by atoms with van der Waals surface area (Å²) in [5.74, 6) is -1.56. The van der Waals surface area contributed by atoms with Crippen LogP contribution in [0.1, 0.15) is 16.2 Å². The van der Waals surface area contributed by atoms with E-state index in [0.717, 1.165) is 0 Å². The first-order valence-electron chi connectivity index (χ1n) is 4.80. The van der Waals surface area contributed by atoms with Gasteiger partial charge >= 0.3 is 11.9 Å². The van der Waals surface area contributed by atoms with Gasteiger partial charge in [0.1, 0.15) is 5.82 Å². The zero-order valence-corrected chi connectivity index (χ0v) is 9.23. The molecule has 0 aliphatic rings. The van der Waals surface area contributed by atoms with Crippen molar-refractivity contribution >= 4 is 5.97 Å². The molecule has 88 valence electrons. The largest absolute Gasteiger partial charge is 0.462 e. The minimum absolute atomic E-state index is 0.0494. The highest BCUT2D eigenvalue weighted by Gasteiger charge is 2.18. The summed E-state index contributed by atoms with van der Waals surface area (Å²) in [5.41, 5.74) is 0.618. The molecule has 2 rings (SSSR count). The van der Waals surface area contributed by atoms with Crippen molar-refractivity contribution in [3.63, 3.8) is 0 Å². The third-order valence-electron chi connectivity index (χ3n) is 2.21. The Morgan fingerprint density at radius 2 is 2.18 bits per heavy atom. The number of rotatable bonds is 2. The maximum absolute atomic E-state index is 13.7. The first-order chi connectivity index (χ1) is 8.13. The van der Waals surface area contributed by atoms with Crippen molar-refractivity contribution in [3.8, 4) is 11.5 Å². The summed E-state index contributed by atoms with van der Waals surface area (Å²) in [5, 5.41) is 7.08. The summed E-state index contributed by atoms with van der Waals surface area (Å²) in [6.45, 7) is 1.62. The summed E-state index contributed by atoms with van der Waals surface area (Å²) >= 11 is 0. The number of nitrogens with zero attached hydrogens (tertiary/aromatic N) is 2. The molecule has 17 heavy (non-hydrogen) atoms. The van der Waals surface area contributed by atoms with Crippen LogP contribution in [-0.2, 0) is 4.74 Å². The van der Waals surface area contributed by atoms with E-state index in [2.05, 4.69) is 14.9 Å². The summed E-state index contributed by atoms with van der Waals surface area (Å²) in [7, 11) is 1.19. The second-order valence-corrected chi connectivity index (χ2v) is 3.34. The van der Waals surface area contributed by atoms with Crippen molar-refractivity contribution in [1.82, 2.24) is 10.2 Å². The lowest BCUT2D eigenvalue weighted by Gasteiger charge is -1.99. The van der Waals surface area contributed by atoms with Crippen LogP contribution in [-0.4, -0.2) is 23.3 Å². The quantitative estimate of drug-likeness (QED) is 0.746. The number of hydrogen-bond donors (Lipinski definition) is 0. The van der Waals surface area contributed by atoms with Gasteiger partial charge in [-0.15, -0.1) is 10.2 Å². The molecule has 1 heterocycles. The molecule has 1 aromatic carbocycles. The van der Waals surface area contributed by atoms with E-state index in [9.17, 15) is 9.18 Å². The highest BCUT2D eigenvalue weighted by atomic mass is 19.1. The van der Waals surface area contributed by atoms with Crippen molar-refractivity contribution in [2.75, 3.05) is 7.11 Å². The molecule has 1 aromatic heterocycles. The molecule has 6 heteroatoms. The normalized spacial score (nSPS) is 10.3. The highest BCUT2D eigenvalue weighted by molar-refractivity contribution is 5.84. The summed E-state index contributed by atoms with van der Waals surface area (Å²) in [6, 6.07) is 4.78. The Kier molecular flexibility index (Phi) is 2.86. The van der Waals surface area contributed by atoms with E-state index in [1.807, 2.05) is 0 Å². The van der Waals surface area contributed by atoms with Gasteiger partial charge in [0.2, 0.25) is 0 Å². The Balaban J connectivity index is 2.44. The Labute approximate surface area is 96.2 Å². The number of carbonyl (C=O) groups is 1. The van der Waals surface area contributed by atoms with Crippen molar-refractivity contribution < 1.29 is 18.3 Å². The number of methoxy groups -OCH3 is 1. The number of esters is 1. The van der Waals surface area contributed by atoms with Crippen molar-refractivity contribution in [1.29, 1.82) is 0 Å². The van der Waals surface area contributed by atoms with Gasteiger partial charge in [-0.1, -0.05) is 12.1 Å². The lowest BCUT2D eigenvalue weighted by molar-refractivity contribution is 0.0556. The summed E-state index contributed by atoms with van der Waals surface area (Å²) in [4.78, 5) is 11.1. The van der Waals surface area contributed by atoms with Crippen LogP contribution in [0, 0.1) is 12.7 Å². The number of aromatic nitrogens is 2. The topological polar surface area (TPSA) is 65.2 Å². The van der Waals surface area contributed by atoms with Crippen LogP contribution in [0.5, 0.6) is 0 Å². The molecule has 0 aliphatic carbocycles. The van der Waals surface area contributed by atoms with E-state index < -0.39 is 11.8 Å². The standard InChI is InChI=1S/C11H9FN2O3/c1-6-4-3-5-7(8(6)12)9-13-14-10(17-9)11(15)16-2/h3-5H,1-2H3. The number of hydrogen-bond acceptors (Lipinski definition) is 5. The Hall–Kier alpha value is -2.24. The number of aryl methyl sites for hydroxylation is 1. The maximum atomic E-state index is 13.7. The van der Waals surface area contributed by atoms with Crippen LogP contribution in [0.15, 0.2) is 22.6 Å². The Bertz CT molecular complexity index is 566. The van der Waals surface area contributed by atoms with Crippen LogP contribution in [0.25, 0.3) is 11.5 Å². The molecular formula is C11H9FN2O3. The monoisotopic (exact) mass is 236 g/mol. The first kappa shape index (κ1) is 11.3. The predicted octanol–water partition coefficient (Wildman–Crippen LogP) is 1.97. The molecular weight excluding hydrogens is 227 g/mol. The van der Waals surface area contributed by atoms with Gasteiger partial charge < -0.3 is 9.15 Å². The number of benzene rings is 1. The van der Waals surface area contributed by atoms with Crippen molar-refractivity contribution in [3.05, 3.63) is 35.5 Å². The molecule has 0 aliphatic heterocycles. The predicted molar refractivity (Wildman–Crippen MR) is 55.8 cm³/mol. The van der Waals surface area contributed by atoms with Gasteiger partial charge in [0.15, 0.2) is 0 Å². The molecule has 0 radical (unpaired) electrons. The highest BCUT2D eigenvalue weighted by Crippen LogP contribution is 2.23. The molecule has 0 spiro atoms. The SMILES string of the molecule is COC(=O)c1nnc(-c2cccc(C)c2F)o1. The molecule has 0 atom stereocenters. The van der Waals surface area contributed by atoms with Gasteiger partial charge in [-0.2, -0.15) is 0 Å². The molecule has 0 fully saturated rings. The zero-order chi connectivity index (χ0) is 12.4. The fourth-order valence-corrected chi connectivity index (χ4v) is 1.31. The minimum Gasteiger partial charge on any atom is -0.462 e. The number of carbonyl (C=O) groups excluding carboxylic acids is 1. The van der Waals surface area contributed by atoms with E-state index in [4.69, 9.17) is 4.42 Å². The number of halogens is 1. The van der Waals surface area contributed by atoms with E-state index >= 15 is 0 Å². The van der Waals surface area contributed by atoms with Gasteiger partial charge in [-0.3, -0.25) is 0 Å². The first-order valence-corrected chi connectivity index (χ1v) is 4.80. The van der Waals surface area contributed by atoms with Crippen molar-refractivity contribution in [2.45, 2.75) is 6.92 Å². The average Bonchev–Trinajstić information content (AvgIpc) is 2.81. The molecule has 0 N–H and O–H groups in total. The zero-order valence-electron chi connectivity index (χ0n) is 9.23. The van der Waals surface area contributed by atoms with E-state index in [0.29, 0.717) is 5.56 Å². The van der Waals surface area contributed by atoms with E-state index in [-0.39, 0.29) is 17.3 Å². The maximum Gasteiger partial charge on any atom is 0.396 e. The smallest absolute Gasteiger partial charge is 0.396 e. The number of ether oxygens (including phenoxy) is 1. The molecule has 0 bridgehead atoms. The molecule has 0 saturated carbocycles. The third-order valence-corrected chi connectivity index (χ3v) is 2.21. The van der Waals surface area contributed by atoms with Crippen molar-refractivity contribution in [2.24, 2.45) is 0 Å². The van der Waals surface area contributed by atoms with Crippen LogP contribution < -0.4 is 0 Å². The fraction of sp³-hybridized carbons (Fsp3) is 0.182. The van der Waals surface area contributed by atoms with Crippen LogP contribution in [0.3, 0.4) is 0 Å². The van der Waals surface area contributed by atoms with Gasteiger partial charge in [0, 0.05) is 0 Å². The summed E-state index contributed by atoms with van der Waals surface area (Å²) < 4.78 is 23.2. The van der Waals surface area contributed by atoms with Gasteiger partial charge in [0.05, 0.1) is 12.7 Å². The van der Waals surface area contributed by atoms with Gasteiger partial charge in [-0.05, 0) is 18.6 Å². The Morgan fingerprint density at radius 1 is 1.41 bits per heavy atom. The third kappa shape index (κ3) is 2.01. The molecule has 0 amide bonds. The van der Waals surface area contributed by atoms with Gasteiger partial charge in [-0.25, -0.2) is 9.18 Å². The van der Waals surface area contributed by atoms with E-state index in [1.54, 1.807) is 19.1 Å². The van der Waals surface area contributed by atoms with Gasteiger partial charge in [0.25, 0.3) is 5.89 Å². The molecule has 0 saturated heterocycles. The van der Waals surface area contributed by atoms with Crippen LogP contribution >= 0.6 is 0 Å². The Morgan fingerprint density at radius 3 is 2.88 bits per heavy atom.